The van der Waals surface area contributed by atoms with Crippen molar-refractivity contribution >= 4 is 23.4 Å². The van der Waals surface area contributed by atoms with Gasteiger partial charge in [0.1, 0.15) is 5.03 Å². The van der Waals surface area contributed by atoms with E-state index >= 15 is 0 Å². The zero-order valence-electron chi connectivity index (χ0n) is 9.29. The van der Waals surface area contributed by atoms with Crippen LogP contribution >= 0.6 is 23.4 Å². The van der Waals surface area contributed by atoms with Crippen LogP contribution in [0.4, 0.5) is 0 Å². The predicted octanol–water partition coefficient (Wildman–Crippen LogP) is 3.48. The van der Waals surface area contributed by atoms with E-state index in [1.165, 1.54) is 25.7 Å². The van der Waals surface area contributed by atoms with Crippen LogP contribution in [0.2, 0.25) is 5.02 Å². The summed E-state index contributed by atoms with van der Waals surface area (Å²) in [5.41, 5.74) is 6.61. The van der Waals surface area contributed by atoms with Crippen LogP contribution in [0.5, 0.6) is 0 Å². The molecule has 2 nitrogen and oxygen atoms in total. The average Bonchev–Trinajstić information content (AvgIpc) is 2.81. The second-order valence-electron chi connectivity index (χ2n) is 4.25. The van der Waals surface area contributed by atoms with Crippen LogP contribution in [0.3, 0.4) is 0 Å². The zero-order valence-corrected chi connectivity index (χ0v) is 10.9. The molecule has 0 spiro atoms. The third-order valence-corrected chi connectivity index (χ3v) is 4.84. The first kappa shape index (κ1) is 12.2. The number of nitrogens with zero attached hydrogens (tertiary/aromatic N) is 1. The normalized spacial score (nSPS) is 16.9. The highest BCUT2D eigenvalue weighted by molar-refractivity contribution is 7.99. The number of hydrogen-bond donors (Lipinski definition) is 1. The van der Waals surface area contributed by atoms with E-state index < -0.39 is 0 Å². The molecule has 0 saturated heterocycles. The van der Waals surface area contributed by atoms with Gasteiger partial charge in [-0.05, 0) is 30.4 Å². The molecule has 1 heterocycles. The summed E-state index contributed by atoms with van der Waals surface area (Å²) in [5, 5.41) is 1.68. The monoisotopic (exact) mass is 256 g/mol. The minimum absolute atomic E-state index is 0.484. The fourth-order valence-corrected chi connectivity index (χ4v) is 3.57. The second kappa shape index (κ2) is 5.89. The molecule has 1 fully saturated rings. The second-order valence-corrected chi connectivity index (χ2v) is 5.64. The van der Waals surface area contributed by atoms with Gasteiger partial charge < -0.3 is 5.73 Å². The molecule has 1 aromatic rings. The lowest BCUT2D eigenvalue weighted by Crippen LogP contribution is -2.01. The van der Waals surface area contributed by atoms with Gasteiger partial charge in [-0.1, -0.05) is 24.4 Å². The summed E-state index contributed by atoms with van der Waals surface area (Å²) in [7, 11) is 0. The van der Waals surface area contributed by atoms with Crippen molar-refractivity contribution in [1.29, 1.82) is 0 Å². The summed E-state index contributed by atoms with van der Waals surface area (Å²) < 4.78 is 0. The maximum absolute atomic E-state index is 6.23. The van der Waals surface area contributed by atoms with Crippen LogP contribution in [0, 0.1) is 5.92 Å². The molecule has 4 heteroatoms. The average molecular weight is 257 g/mol. The molecule has 1 aliphatic carbocycles. The van der Waals surface area contributed by atoms with Crippen molar-refractivity contribution < 1.29 is 0 Å². The Hall–Kier alpha value is -0.250. The van der Waals surface area contributed by atoms with Crippen molar-refractivity contribution in [3.8, 4) is 0 Å². The Kier molecular flexibility index (Phi) is 4.50. The lowest BCUT2D eigenvalue weighted by atomic mass is 10.1. The first-order chi connectivity index (χ1) is 7.81. The SMILES string of the molecule is NCc1ccnc(SCC2CCCC2)c1Cl. The Morgan fingerprint density at radius 1 is 1.44 bits per heavy atom. The maximum atomic E-state index is 6.23. The smallest absolute Gasteiger partial charge is 0.115 e. The van der Waals surface area contributed by atoms with Gasteiger partial charge in [-0.3, -0.25) is 0 Å². The number of hydrogen-bond acceptors (Lipinski definition) is 3. The van der Waals surface area contributed by atoms with Gasteiger partial charge in [0.2, 0.25) is 0 Å². The third-order valence-electron chi connectivity index (χ3n) is 3.09. The van der Waals surface area contributed by atoms with Crippen molar-refractivity contribution in [2.45, 2.75) is 37.3 Å². The van der Waals surface area contributed by atoms with Gasteiger partial charge in [0, 0.05) is 18.5 Å². The highest BCUT2D eigenvalue weighted by atomic mass is 35.5. The minimum Gasteiger partial charge on any atom is -0.326 e. The molecule has 16 heavy (non-hydrogen) atoms. The van der Waals surface area contributed by atoms with Crippen LogP contribution in [-0.4, -0.2) is 10.7 Å². The standard InChI is InChI=1S/C12H17ClN2S/c13-11-10(7-14)5-6-15-12(11)16-8-9-3-1-2-4-9/h5-6,9H,1-4,7-8,14H2. The molecule has 0 radical (unpaired) electrons. The molecular weight excluding hydrogens is 240 g/mol. The van der Waals surface area contributed by atoms with Gasteiger partial charge >= 0.3 is 0 Å². The highest BCUT2D eigenvalue weighted by Gasteiger charge is 2.16. The van der Waals surface area contributed by atoms with Gasteiger partial charge in [0.15, 0.2) is 0 Å². The number of thioether (sulfide) groups is 1. The zero-order chi connectivity index (χ0) is 11.4. The third kappa shape index (κ3) is 2.90. The molecule has 1 aromatic heterocycles. The molecule has 2 rings (SSSR count). The molecule has 0 atom stereocenters. The molecule has 0 aromatic carbocycles. The summed E-state index contributed by atoms with van der Waals surface area (Å²) in [5.74, 6) is 1.99. The quantitative estimate of drug-likeness (QED) is 0.839. The fourth-order valence-electron chi connectivity index (χ4n) is 2.09. The molecule has 0 unspecified atom stereocenters. The highest BCUT2D eigenvalue weighted by Crippen LogP contribution is 2.33. The Morgan fingerprint density at radius 3 is 2.88 bits per heavy atom. The van der Waals surface area contributed by atoms with Crippen LogP contribution in [-0.2, 0) is 6.54 Å². The minimum atomic E-state index is 0.484. The molecule has 1 aliphatic rings. The summed E-state index contributed by atoms with van der Waals surface area (Å²) >= 11 is 8.01. The number of pyridine rings is 1. The Labute approximate surface area is 106 Å². The molecule has 0 aliphatic heterocycles. The Morgan fingerprint density at radius 2 is 2.19 bits per heavy atom. The Balaban J connectivity index is 1.97. The summed E-state index contributed by atoms with van der Waals surface area (Å²) in [6.07, 6.45) is 7.29. The molecule has 0 amide bonds. The van der Waals surface area contributed by atoms with Crippen LogP contribution in [0.15, 0.2) is 17.3 Å². The summed E-state index contributed by atoms with van der Waals surface area (Å²) in [6.45, 7) is 0.484. The van der Waals surface area contributed by atoms with Crippen LogP contribution in [0.25, 0.3) is 0 Å². The van der Waals surface area contributed by atoms with Gasteiger partial charge in [-0.25, -0.2) is 4.98 Å². The predicted molar refractivity (Wildman–Crippen MR) is 69.8 cm³/mol. The number of aromatic nitrogens is 1. The van der Waals surface area contributed by atoms with Crippen molar-refractivity contribution in [3.63, 3.8) is 0 Å². The molecular formula is C12H17ClN2S. The van der Waals surface area contributed by atoms with E-state index in [1.807, 2.05) is 6.07 Å². The molecule has 1 saturated carbocycles. The van der Waals surface area contributed by atoms with Crippen LogP contribution < -0.4 is 5.73 Å². The van der Waals surface area contributed by atoms with E-state index in [4.69, 9.17) is 17.3 Å². The number of rotatable bonds is 4. The van der Waals surface area contributed by atoms with E-state index in [0.29, 0.717) is 6.54 Å². The maximum Gasteiger partial charge on any atom is 0.115 e. The largest absolute Gasteiger partial charge is 0.326 e. The van der Waals surface area contributed by atoms with Crippen molar-refractivity contribution in [2.75, 3.05) is 5.75 Å². The first-order valence-electron chi connectivity index (χ1n) is 5.77. The molecule has 0 bridgehead atoms. The lowest BCUT2D eigenvalue weighted by molar-refractivity contribution is 0.623. The van der Waals surface area contributed by atoms with E-state index in [9.17, 15) is 0 Å². The summed E-state index contributed by atoms with van der Waals surface area (Å²) in [4.78, 5) is 4.32. The van der Waals surface area contributed by atoms with E-state index in [1.54, 1.807) is 18.0 Å². The summed E-state index contributed by atoms with van der Waals surface area (Å²) in [6, 6.07) is 1.89. The van der Waals surface area contributed by atoms with Crippen molar-refractivity contribution in [1.82, 2.24) is 4.98 Å². The van der Waals surface area contributed by atoms with E-state index in [-0.39, 0.29) is 0 Å². The van der Waals surface area contributed by atoms with Gasteiger partial charge in [-0.2, -0.15) is 0 Å². The van der Waals surface area contributed by atoms with Crippen molar-refractivity contribution in [2.24, 2.45) is 11.7 Å². The van der Waals surface area contributed by atoms with Gasteiger partial charge in [0.05, 0.1) is 5.02 Å². The van der Waals surface area contributed by atoms with Gasteiger partial charge in [0.25, 0.3) is 0 Å². The van der Waals surface area contributed by atoms with E-state index in [0.717, 1.165) is 27.3 Å². The van der Waals surface area contributed by atoms with Crippen LogP contribution in [0.1, 0.15) is 31.2 Å². The first-order valence-corrected chi connectivity index (χ1v) is 7.14. The van der Waals surface area contributed by atoms with Gasteiger partial charge in [-0.15, -0.1) is 11.8 Å². The Bertz CT molecular complexity index is 351. The van der Waals surface area contributed by atoms with E-state index in [2.05, 4.69) is 4.98 Å². The topological polar surface area (TPSA) is 38.9 Å². The number of nitrogens with two attached hydrogens (primary N) is 1. The fraction of sp³-hybridized carbons (Fsp3) is 0.583. The number of halogens is 1. The lowest BCUT2D eigenvalue weighted by Gasteiger charge is -2.10. The molecule has 88 valence electrons. The molecule has 2 N–H and O–H groups in total. The van der Waals surface area contributed by atoms with Crippen molar-refractivity contribution in [3.05, 3.63) is 22.8 Å².